The van der Waals surface area contributed by atoms with E-state index in [4.69, 9.17) is 10.7 Å². The molecular weight excluding hydrogens is 370 g/mol. The number of primary amides is 1. The third kappa shape index (κ3) is 3.12. The van der Waals surface area contributed by atoms with Gasteiger partial charge in [-0.1, -0.05) is 67.6 Å². The molecule has 1 amide bonds. The van der Waals surface area contributed by atoms with Crippen LogP contribution in [-0.4, -0.2) is 15.5 Å². The average Bonchev–Trinajstić information content (AvgIpc) is 3.16. The predicted molar refractivity (Wildman–Crippen MR) is 113 cm³/mol. The summed E-state index contributed by atoms with van der Waals surface area (Å²) in [6.45, 7) is 1.84. The van der Waals surface area contributed by atoms with Crippen LogP contribution in [0, 0.1) is 0 Å². The summed E-state index contributed by atoms with van der Waals surface area (Å²) in [5.74, 6) is -0.0772. The zero-order valence-corrected chi connectivity index (χ0v) is 16.1. The van der Waals surface area contributed by atoms with E-state index in [2.05, 4.69) is 0 Å². The number of nitrogens with two attached hydrogens (primary N) is 1. The van der Waals surface area contributed by atoms with Gasteiger partial charge in [0.25, 0.3) is 5.56 Å². The molecule has 0 bridgehead atoms. The highest BCUT2D eigenvalue weighted by Gasteiger charge is 2.24. The van der Waals surface area contributed by atoms with Crippen molar-refractivity contribution in [3.05, 3.63) is 77.1 Å². The summed E-state index contributed by atoms with van der Waals surface area (Å²) in [5, 5.41) is 0.503. The van der Waals surface area contributed by atoms with E-state index in [-0.39, 0.29) is 5.56 Å². The fraction of sp³-hybridized carbons (Fsp3) is 0.136. The molecule has 0 radical (unpaired) electrons. The first-order valence-electron chi connectivity index (χ1n) is 9.06. The molecule has 2 N–H and O–H groups in total. The number of carbonyl (C=O) groups is 1. The van der Waals surface area contributed by atoms with Crippen molar-refractivity contribution in [3.8, 4) is 21.8 Å². The van der Waals surface area contributed by atoms with Crippen LogP contribution in [0.25, 0.3) is 32.0 Å². The maximum Gasteiger partial charge on any atom is 0.263 e. The Morgan fingerprint density at radius 2 is 1.68 bits per heavy atom. The highest BCUT2D eigenvalue weighted by atomic mass is 32.1. The summed E-state index contributed by atoms with van der Waals surface area (Å²) in [6, 6.07) is 20.4. The van der Waals surface area contributed by atoms with Crippen LogP contribution in [0.4, 0.5) is 0 Å². The van der Waals surface area contributed by atoms with Gasteiger partial charge in [0.1, 0.15) is 16.7 Å². The lowest BCUT2D eigenvalue weighted by atomic mass is 10.1. The highest BCUT2D eigenvalue weighted by molar-refractivity contribution is 7.21. The number of aromatic nitrogens is 2. The topological polar surface area (TPSA) is 78.0 Å². The van der Waals surface area contributed by atoms with E-state index in [9.17, 15) is 9.59 Å². The van der Waals surface area contributed by atoms with Crippen molar-refractivity contribution in [3.63, 3.8) is 0 Å². The quantitative estimate of drug-likeness (QED) is 0.555. The summed E-state index contributed by atoms with van der Waals surface area (Å²) in [4.78, 5) is 31.9. The number of hydrogen-bond donors (Lipinski definition) is 1. The van der Waals surface area contributed by atoms with Crippen LogP contribution in [0.2, 0.25) is 0 Å². The van der Waals surface area contributed by atoms with Gasteiger partial charge in [-0.3, -0.25) is 14.2 Å². The Balaban J connectivity index is 2.03. The molecular formula is C22H19N3O2S. The number of hydrogen-bond acceptors (Lipinski definition) is 4. The van der Waals surface area contributed by atoms with Gasteiger partial charge >= 0.3 is 0 Å². The first-order chi connectivity index (χ1) is 13.6. The molecule has 2 aromatic carbocycles. The number of nitrogens with zero attached hydrogens (tertiary/aromatic N) is 2. The van der Waals surface area contributed by atoms with Crippen LogP contribution >= 0.6 is 11.3 Å². The van der Waals surface area contributed by atoms with Crippen LogP contribution in [0.5, 0.6) is 0 Å². The molecule has 6 heteroatoms. The van der Waals surface area contributed by atoms with Gasteiger partial charge in [-0.2, -0.15) is 0 Å². The predicted octanol–water partition coefficient (Wildman–Crippen LogP) is 4.23. The maximum atomic E-state index is 13.4. The van der Waals surface area contributed by atoms with E-state index in [1.54, 1.807) is 0 Å². The Morgan fingerprint density at radius 1 is 1.07 bits per heavy atom. The molecule has 0 spiro atoms. The van der Waals surface area contributed by atoms with Gasteiger partial charge in [-0.15, -0.1) is 11.3 Å². The molecule has 2 aromatic heterocycles. The second-order valence-electron chi connectivity index (χ2n) is 6.50. The van der Waals surface area contributed by atoms with Crippen molar-refractivity contribution in [1.29, 1.82) is 0 Å². The van der Waals surface area contributed by atoms with Gasteiger partial charge in [0, 0.05) is 10.4 Å². The molecule has 0 aliphatic carbocycles. The van der Waals surface area contributed by atoms with E-state index in [1.165, 1.54) is 15.9 Å². The Labute approximate surface area is 166 Å². The van der Waals surface area contributed by atoms with E-state index < -0.39 is 11.9 Å². The van der Waals surface area contributed by atoms with E-state index >= 15 is 0 Å². The Kier molecular flexibility index (Phi) is 4.79. The Bertz CT molecular complexity index is 1200. The molecule has 2 heterocycles. The van der Waals surface area contributed by atoms with Crippen LogP contribution in [-0.2, 0) is 4.79 Å². The number of carbonyl (C=O) groups excluding carboxylic acids is 1. The van der Waals surface area contributed by atoms with Gasteiger partial charge in [-0.05, 0) is 18.1 Å². The molecule has 0 aliphatic rings. The molecule has 0 aliphatic heterocycles. The monoisotopic (exact) mass is 389 g/mol. The molecule has 1 atom stereocenters. The summed E-state index contributed by atoms with van der Waals surface area (Å²) in [5.41, 5.74) is 7.17. The van der Waals surface area contributed by atoms with Crippen LogP contribution in [0.1, 0.15) is 19.4 Å². The first-order valence-corrected chi connectivity index (χ1v) is 9.88. The fourth-order valence-electron chi connectivity index (χ4n) is 3.33. The normalized spacial score (nSPS) is 12.2. The van der Waals surface area contributed by atoms with Gasteiger partial charge in [0.05, 0.1) is 5.39 Å². The lowest BCUT2D eigenvalue weighted by Gasteiger charge is -2.19. The van der Waals surface area contributed by atoms with Gasteiger partial charge in [-0.25, -0.2) is 4.98 Å². The molecule has 4 rings (SSSR count). The smallest absolute Gasteiger partial charge is 0.263 e. The SMILES string of the molecule is CCC(C(N)=O)n1c(-c2ccccc2)nc2sc(-c3ccccc3)cc2c1=O. The molecule has 28 heavy (non-hydrogen) atoms. The second-order valence-corrected chi connectivity index (χ2v) is 7.53. The molecule has 0 fully saturated rings. The van der Waals surface area contributed by atoms with Gasteiger partial charge in [0.15, 0.2) is 0 Å². The van der Waals surface area contributed by atoms with Crippen molar-refractivity contribution < 1.29 is 4.79 Å². The molecule has 1 unspecified atom stereocenters. The van der Waals surface area contributed by atoms with Crippen molar-refractivity contribution in [2.24, 2.45) is 5.73 Å². The zero-order valence-electron chi connectivity index (χ0n) is 15.3. The minimum absolute atomic E-state index is 0.243. The standard InChI is InChI=1S/C22H19N3O2S/c1-2-17(19(23)26)25-20(15-11-7-4-8-12-15)24-21-16(22(25)27)13-18(28-21)14-9-5-3-6-10-14/h3-13,17H,2H2,1H3,(H2,23,26). The lowest BCUT2D eigenvalue weighted by Crippen LogP contribution is -2.35. The maximum absolute atomic E-state index is 13.4. The molecule has 0 saturated heterocycles. The van der Waals surface area contributed by atoms with Gasteiger partial charge in [0.2, 0.25) is 5.91 Å². The average molecular weight is 389 g/mol. The summed E-state index contributed by atoms with van der Waals surface area (Å²) >= 11 is 1.47. The Hall–Kier alpha value is -3.25. The van der Waals surface area contributed by atoms with Gasteiger partial charge < -0.3 is 5.73 Å². The minimum atomic E-state index is -0.750. The third-order valence-corrected chi connectivity index (χ3v) is 5.79. The molecule has 140 valence electrons. The van der Waals surface area contributed by atoms with E-state index in [1.807, 2.05) is 73.7 Å². The Morgan fingerprint density at radius 3 is 2.25 bits per heavy atom. The zero-order chi connectivity index (χ0) is 19.7. The van der Waals surface area contributed by atoms with Crippen molar-refractivity contribution in [2.45, 2.75) is 19.4 Å². The third-order valence-electron chi connectivity index (χ3n) is 4.71. The first kappa shape index (κ1) is 18.1. The van der Waals surface area contributed by atoms with Crippen molar-refractivity contribution in [1.82, 2.24) is 9.55 Å². The van der Waals surface area contributed by atoms with Crippen LogP contribution in [0.15, 0.2) is 71.5 Å². The van der Waals surface area contributed by atoms with E-state index in [0.29, 0.717) is 22.5 Å². The fourth-order valence-corrected chi connectivity index (χ4v) is 4.36. The van der Waals surface area contributed by atoms with Crippen LogP contribution < -0.4 is 11.3 Å². The highest BCUT2D eigenvalue weighted by Crippen LogP contribution is 2.33. The second kappa shape index (κ2) is 7.40. The van der Waals surface area contributed by atoms with Crippen molar-refractivity contribution in [2.75, 3.05) is 0 Å². The number of amides is 1. The lowest BCUT2D eigenvalue weighted by molar-refractivity contribution is -0.121. The summed E-state index contributed by atoms with van der Waals surface area (Å²) in [7, 11) is 0. The summed E-state index contributed by atoms with van der Waals surface area (Å²) in [6.07, 6.45) is 0.415. The number of thiophene rings is 1. The molecule has 0 saturated carbocycles. The molecule has 4 aromatic rings. The van der Waals surface area contributed by atoms with Crippen LogP contribution in [0.3, 0.4) is 0 Å². The van der Waals surface area contributed by atoms with E-state index in [0.717, 1.165) is 16.0 Å². The minimum Gasteiger partial charge on any atom is -0.368 e. The summed E-state index contributed by atoms with van der Waals surface area (Å²) < 4.78 is 1.45. The number of benzene rings is 2. The number of rotatable bonds is 5. The largest absolute Gasteiger partial charge is 0.368 e. The number of fused-ring (bicyclic) bond motifs is 1. The van der Waals surface area contributed by atoms with Crippen molar-refractivity contribution >= 4 is 27.5 Å². The molecule has 5 nitrogen and oxygen atoms in total.